The lowest BCUT2D eigenvalue weighted by Crippen LogP contribution is -2.08. The van der Waals surface area contributed by atoms with Gasteiger partial charge in [0.25, 0.3) is 5.69 Å². The van der Waals surface area contributed by atoms with Gasteiger partial charge in [-0.15, -0.1) is 0 Å². The minimum Gasteiger partial charge on any atom is -0.494 e. The van der Waals surface area contributed by atoms with Crippen LogP contribution >= 0.6 is 0 Å². The van der Waals surface area contributed by atoms with Gasteiger partial charge in [0.2, 0.25) is 0 Å². The van der Waals surface area contributed by atoms with Gasteiger partial charge in [-0.3, -0.25) is 14.7 Å². The molecule has 0 saturated heterocycles. The minimum atomic E-state index is -4.97. The van der Waals surface area contributed by atoms with Gasteiger partial charge in [0, 0.05) is 0 Å². The highest BCUT2D eigenvalue weighted by Crippen LogP contribution is 2.36. The summed E-state index contributed by atoms with van der Waals surface area (Å²) in [6.07, 6.45) is 0. The number of hydrogen-bond donors (Lipinski definition) is 2. The Morgan fingerprint density at radius 3 is 2.25 bits per heavy atom. The van der Waals surface area contributed by atoms with Crippen molar-refractivity contribution in [2.45, 2.75) is 4.90 Å². The van der Waals surface area contributed by atoms with Crippen LogP contribution in [0.1, 0.15) is 0 Å². The molecule has 122 valence electrons. The number of benzene rings is 1. The smallest absolute Gasteiger partial charge is 0.301 e. The van der Waals surface area contributed by atoms with Crippen LogP contribution in [0, 0.1) is 44.1 Å². The molecule has 0 atom stereocenters. The van der Waals surface area contributed by atoms with Crippen LogP contribution in [0.2, 0.25) is 0 Å². The Morgan fingerprint density at radius 1 is 1.29 bits per heavy atom. The second kappa shape index (κ2) is 7.07. The molecule has 0 aliphatic carbocycles. The van der Waals surface area contributed by atoms with E-state index in [2.05, 4.69) is 5.32 Å². The first-order valence-electron chi connectivity index (χ1n) is 5.75. The van der Waals surface area contributed by atoms with E-state index in [1.165, 1.54) is 18.2 Å². The van der Waals surface area contributed by atoms with Crippen molar-refractivity contribution in [2.24, 2.45) is 0 Å². The summed E-state index contributed by atoms with van der Waals surface area (Å²) in [6.45, 7) is 0. The van der Waals surface area contributed by atoms with E-state index >= 15 is 0 Å². The molecule has 0 spiro atoms. The van der Waals surface area contributed by atoms with Gasteiger partial charge in [-0.05, 0) is 6.07 Å². The molecule has 12 heteroatoms. The van der Waals surface area contributed by atoms with Crippen molar-refractivity contribution in [1.82, 2.24) is 0 Å². The summed E-state index contributed by atoms with van der Waals surface area (Å²) in [4.78, 5) is 8.83. The van der Waals surface area contributed by atoms with Crippen LogP contribution in [0.3, 0.4) is 0 Å². The maximum atomic E-state index is 11.3. The molecule has 0 aromatic heterocycles. The molecule has 24 heavy (non-hydrogen) atoms. The monoisotopic (exact) mass is 349 g/mol. The largest absolute Gasteiger partial charge is 0.494 e. The number of allylic oxidation sites excluding steroid dienone is 2. The lowest BCUT2D eigenvalue weighted by Gasteiger charge is -2.12. The predicted octanol–water partition coefficient (Wildman–Crippen LogP) is 1.09. The van der Waals surface area contributed by atoms with E-state index in [9.17, 15) is 18.5 Å². The van der Waals surface area contributed by atoms with Crippen LogP contribution in [-0.2, 0) is 10.1 Å². The number of nitro groups is 1. The highest BCUT2D eigenvalue weighted by molar-refractivity contribution is 7.86. The zero-order valence-electron chi connectivity index (χ0n) is 11.8. The van der Waals surface area contributed by atoms with E-state index in [0.29, 0.717) is 12.1 Å². The van der Waals surface area contributed by atoms with E-state index in [0.717, 1.165) is 7.11 Å². The summed E-state index contributed by atoms with van der Waals surface area (Å²) in [5.74, 6) is -0.253. The summed E-state index contributed by atoms with van der Waals surface area (Å²) >= 11 is 0. The Balaban J connectivity index is 3.71. The van der Waals surface area contributed by atoms with Crippen LogP contribution in [0.15, 0.2) is 28.3 Å². The fraction of sp³-hybridized carbons (Fsp3) is 0.0833. The molecule has 0 fully saturated rings. The van der Waals surface area contributed by atoms with Crippen molar-refractivity contribution in [3.63, 3.8) is 0 Å². The lowest BCUT2D eigenvalue weighted by atomic mass is 10.2. The van der Waals surface area contributed by atoms with E-state index in [-0.39, 0.29) is 11.4 Å². The van der Waals surface area contributed by atoms with Crippen molar-refractivity contribution < 1.29 is 22.6 Å². The van der Waals surface area contributed by atoms with Gasteiger partial charge >= 0.3 is 10.1 Å². The van der Waals surface area contributed by atoms with E-state index in [4.69, 9.17) is 25.1 Å². The Bertz CT molecular complexity index is 945. The third-order valence-corrected chi connectivity index (χ3v) is 3.48. The molecule has 0 amide bonds. The number of hydrogen-bond acceptors (Lipinski definition) is 9. The van der Waals surface area contributed by atoms with E-state index in [1.807, 2.05) is 0 Å². The number of nitrogens with zero attached hydrogens (tertiary/aromatic N) is 4. The Morgan fingerprint density at radius 2 is 1.88 bits per heavy atom. The van der Waals surface area contributed by atoms with Gasteiger partial charge in [-0.1, -0.05) is 0 Å². The van der Waals surface area contributed by atoms with Gasteiger partial charge < -0.3 is 10.1 Å². The minimum absolute atomic E-state index is 0.253. The zero-order chi connectivity index (χ0) is 18.5. The number of anilines is 1. The molecule has 1 rings (SSSR count). The van der Waals surface area contributed by atoms with Crippen LogP contribution < -0.4 is 10.1 Å². The maximum Gasteiger partial charge on any atom is 0.301 e. The Hall–Kier alpha value is -3.66. The first-order valence-corrected chi connectivity index (χ1v) is 7.19. The van der Waals surface area contributed by atoms with Crippen molar-refractivity contribution in [3.05, 3.63) is 33.5 Å². The van der Waals surface area contributed by atoms with Gasteiger partial charge in [0.1, 0.15) is 29.7 Å². The quantitative estimate of drug-likeness (QED) is 0.336. The number of ether oxygens (including phenoxy) is 1. The number of nitriles is 3. The second-order valence-electron chi connectivity index (χ2n) is 3.96. The van der Waals surface area contributed by atoms with Crippen LogP contribution in [0.25, 0.3) is 0 Å². The van der Waals surface area contributed by atoms with E-state index in [1.54, 1.807) is 0 Å². The lowest BCUT2D eigenvalue weighted by molar-refractivity contribution is -0.387. The summed E-state index contributed by atoms with van der Waals surface area (Å²) in [5.41, 5.74) is -2.38. The molecule has 11 nitrogen and oxygen atoms in total. The fourth-order valence-corrected chi connectivity index (χ4v) is 2.25. The highest BCUT2D eigenvalue weighted by atomic mass is 32.2. The molecule has 0 aliphatic rings. The maximum absolute atomic E-state index is 11.3. The third kappa shape index (κ3) is 3.75. The zero-order valence-corrected chi connectivity index (χ0v) is 12.7. The molecule has 1 aromatic carbocycles. The molecule has 0 heterocycles. The molecule has 1 aromatic rings. The molecule has 0 radical (unpaired) electrons. The molecular formula is C12H7N5O6S. The van der Waals surface area contributed by atoms with Crippen LogP contribution in [0.5, 0.6) is 5.75 Å². The molecule has 0 aliphatic heterocycles. The number of rotatable bonds is 5. The average molecular weight is 349 g/mol. The first kappa shape index (κ1) is 18.4. The van der Waals surface area contributed by atoms with Crippen LogP contribution in [-0.4, -0.2) is 25.0 Å². The Labute approximate surface area is 135 Å². The first-order chi connectivity index (χ1) is 11.2. The normalized spacial score (nSPS) is 9.79. The highest BCUT2D eigenvalue weighted by Gasteiger charge is 2.27. The van der Waals surface area contributed by atoms with Crippen LogP contribution in [0.4, 0.5) is 11.4 Å². The summed E-state index contributed by atoms with van der Waals surface area (Å²) in [5, 5.41) is 39.7. The van der Waals surface area contributed by atoms with Gasteiger partial charge in [0.15, 0.2) is 10.5 Å². The SMILES string of the molecule is COc1cc([N+](=O)[O-])c(S(=O)(=O)O)cc1NC(C#N)=C(C#N)C#N. The molecular weight excluding hydrogens is 342 g/mol. The van der Waals surface area contributed by atoms with Crippen molar-refractivity contribution in [1.29, 1.82) is 15.8 Å². The van der Waals surface area contributed by atoms with Crippen molar-refractivity contribution in [3.8, 4) is 24.0 Å². The molecule has 0 bridgehead atoms. The molecule has 0 saturated carbocycles. The van der Waals surface area contributed by atoms with E-state index < -0.39 is 36.9 Å². The third-order valence-electron chi connectivity index (χ3n) is 2.60. The standard InChI is InChI=1S/C12H7N5O6S/c1-23-11-3-10(17(18)19)12(24(20,21)22)2-8(11)16-9(6-15)7(4-13)5-14/h2-3,16H,1H3,(H,20,21,22). The topological polar surface area (TPSA) is 190 Å². The van der Waals surface area contributed by atoms with Gasteiger partial charge in [0.05, 0.1) is 23.8 Å². The number of methoxy groups -OCH3 is 1. The van der Waals surface area contributed by atoms with Crippen molar-refractivity contribution >= 4 is 21.5 Å². The number of nitrogens with one attached hydrogen (secondary N) is 1. The predicted molar refractivity (Wildman–Crippen MR) is 77.0 cm³/mol. The fourth-order valence-electron chi connectivity index (χ4n) is 1.58. The Kier molecular flexibility index (Phi) is 5.41. The second-order valence-corrected chi connectivity index (χ2v) is 5.35. The molecule has 0 unspecified atom stereocenters. The van der Waals surface area contributed by atoms with Crippen molar-refractivity contribution in [2.75, 3.05) is 12.4 Å². The average Bonchev–Trinajstić information content (AvgIpc) is 2.53. The summed E-state index contributed by atoms with van der Waals surface area (Å²) in [7, 11) is -3.85. The number of nitro benzene ring substituents is 1. The summed E-state index contributed by atoms with van der Waals surface area (Å²) < 4.78 is 36.6. The van der Waals surface area contributed by atoms with Gasteiger partial charge in [-0.25, -0.2) is 0 Å². The van der Waals surface area contributed by atoms with Gasteiger partial charge in [-0.2, -0.15) is 24.2 Å². The summed E-state index contributed by atoms with van der Waals surface area (Å²) in [6, 6.07) is 5.78. The molecule has 2 N–H and O–H groups in total.